The van der Waals surface area contributed by atoms with Crippen LogP contribution in [-0.2, 0) is 6.42 Å². The van der Waals surface area contributed by atoms with E-state index in [1.54, 1.807) is 6.07 Å². The van der Waals surface area contributed by atoms with Gasteiger partial charge in [-0.05, 0) is 0 Å². The zero-order valence-electron chi connectivity index (χ0n) is 8.22. The van der Waals surface area contributed by atoms with E-state index in [2.05, 4.69) is 4.98 Å². The zero-order valence-corrected chi connectivity index (χ0v) is 8.22. The van der Waals surface area contributed by atoms with Crippen molar-refractivity contribution in [2.24, 2.45) is 0 Å². The van der Waals surface area contributed by atoms with Crippen molar-refractivity contribution in [1.29, 1.82) is 10.5 Å². The first-order valence-electron chi connectivity index (χ1n) is 4.24. The largest absolute Gasteiger partial charge is 0.287 e. The molecule has 1 aromatic rings. The van der Waals surface area contributed by atoms with Gasteiger partial charge in [-0.3, -0.25) is 10.1 Å². The Balaban J connectivity index is 3.62. The lowest BCUT2D eigenvalue weighted by atomic mass is 10.1. The second-order valence-corrected chi connectivity index (χ2v) is 2.90. The van der Waals surface area contributed by atoms with Crippen LogP contribution in [0.2, 0.25) is 0 Å². The van der Waals surface area contributed by atoms with E-state index in [0.29, 0.717) is 0 Å². The fourth-order valence-corrected chi connectivity index (χ4v) is 1.28. The molecule has 0 saturated heterocycles. The molecule has 1 heterocycles. The van der Waals surface area contributed by atoms with Gasteiger partial charge in [0, 0.05) is 6.20 Å². The highest BCUT2D eigenvalue weighted by atomic mass is 19.3. The van der Waals surface area contributed by atoms with Gasteiger partial charge < -0.3 is 0 Å². The van der Waals surface area contributed by atoms with Crippen molar-refractivity contribution < 1.29 is 13.7 Å². The van der Waals surface area contributed by atoms with Gasteiger partial charge in [-0.1, -0.05) is 0 Å². The number of hydrogen-bond acceptors (Lipinski definition) is 5. The standard InChI is InChI=1S/C9H4F2N4O2/c10-9(11)7-6(3-13)14-4-5(1-2-12)8(7)15(16)17/h4,9H,1H2. The lowest BCUT2D eigenvalue weighted by molar-refractivity contribution is -0.387. The highest BCUT2D eigenvalue weighted by Crippen LogP contribution is 2.33. The summed E-state index contributed by atoms with van der Waals surface area (Å²) in [6.07, 6.45) is -2.73. The lowest BCUT2D eigenvalue weighted by Gasteiger charge is -2.06. The highest BCUT2D eigenvalue weighted by molar-refractivity contribution is 5.53. The van der Waals surface area contributed by atoms with Crippen molar-refractivity contribution >= 4 is 5.69 Å². The van der Waals surface area contributed by atoms with E-state index >= 15 is 0 Å². The minimum Gasteiger partial charge on any atom is -0.258 e. The minimum atomic E-state index is -3.20. The quantitative estimate of drug-likeness (QED) is 0.590. The SMILES string of the molecule is N#CCc1cnc(C#N)c(C(F)F)c1[N+](=O)[O-]. The third kappa shape index (κ3) is 2.32. The Labute approximate surface area is 93.9 Å². The molecule has 0 radical (unpaired) electrons. The summed E-state index contributed by atoms with van der Waals surface area (Å²) >= 11 is 0. The number of nitro groups is 1. The number of hydrogen-bond donors (Lipinski definition) is 0. The van der Waals surface area contributed by atoms with E-state index < -0.39 is 34.7 Å². The van der Waals surface area contributed by atoms with Crippen LogP contribution in [0.5, 0.6) is 0 Å². The van der Waals surface area contributed by atoms with Gasteiger partial charge in [-0.15, -0.1) is 0 Å². The molecule has 0 bridgehead atoms. The molecule has 86 valence electrons. The van der Waals surface area contributed by atoms with E-state index in [-0.39, 0.29) is 5.56 Å². The van der Waals surface area contributed by atoms with Crippen LogP contribution in [0.4, 0.5) is 14.5 Å². The molecule has 1 aromatic heterocycles. The molecule has 0 aliphatic rings. The number of pyridine rings is 1. The Bertz CT molecular complexity index is 545. The smallest absolute Gasteiger partial charge is 0.258 e. The Morgan fingerprint density at radius 1 is 1.53 bits per heavy atom. The molecule has 17 heavy (non-hydrogen) atoms. The van der Waals surface area contributed by atoms with Crippen LogP contribution in [0, 0.1) is 32.8 Å². The van der Waals surface area contributed by atoms with Crippen molar-refractivity contribution in [3.05, 3.63) is 33.1 Å². The summed E-state index contributed by atoms with van der Waals surface area (Å²) in [5.74, 6) is 0. The van der Waals surface area contributed by atoms with Gasteiger partial charge in [0.05, 0.1) is 23.0 Å². The van der Waals surface area contributed by atoms with Crippen molar-refractivity contribution in [1.82, 2.24) is 4.98 Å². The Morgan fingerprint density at radius 3 is 2.59 bits per heavy atom. The van der Waals surface area contributed by atoms with E-state index in [1.165, 1.54) is 6.07 Å². The molecule has 0 atom stereocenters. The molecule has 0 amide bonds. The Kier molecular flexibility index (Phi) is 3.62. The van der Waals surface area contributed by atoms with E-state index in [1.807, 2.05) is 0 Å². The summed E-state index contributed by atoms with van der Waals surface area (Å²) in [5, 5.41) is 27.7. The number of nitriles is 2. The van der Waals surface area contributed by atoms with Crippen LogP contribution in [0.25, 0.3) is 0 Å². The van der Waals surface area contributed by atoms with Gasteiger partial charge in [0.1, 0.15) is 11.6 Å². The highest BCUT2D eigenvalue weighted by Gasteiger charge is 2.30. The third-order valence-corrected chi connectivity index (χ3v) is 1.94. The molecular weight excluding hydrogens is 234 g/mol. The van der Waals surface area contributed by atoms with Crippen LogP contribution in [0.3, 0.4) is 0 Å². The molecule has 0 N–H and O–H groups in total. The first-order valence-corrected chi connectivity index (χ1v) is 4.24. The molecular formula is C9H4F2N4O2. The average molecular weight is 238 g/mol. The topological polar surface area (TPSA) is 104 Å². The molecule has 0 aliphatic heterocycles. The van der Waals surface area contributed by atoms with Crippen LogP contribution < -0.4 is 0 Å². The first-order chi connectivity index (χ1) is 8.02. The lowest BCUT2D eigenvalue weighted by Crippen LogP contribution is -2.05. The van der Waals surface area contributed by atoms with Crippen molar-refractivity contribution in [3.63, 3.8) is 0 Å². The second-order valence-electron chi connectivity index (χ2n) is 2.90. The number of nitrogens with zero attached hydrogens (tertiary/aromatic N) is 4. The normalized spacial score (nSPS) is 9.71. The minimum absolute atomic E-state index is 0.230. The second kappa shape index (κ2) is 4.94. The summed E-state index contributed by atoms with van der Waals surface area (Å²) in [6.45, 7) is 0. The fraction of sp³-hybridized carbons (Fsp3) is 0.222. The van der Waals surface area contributed by atoms with Gasteiger partial charge in [0.2, 0.25) is 0 Å². The van der Waals surface area contributed by atoms with Crippen LogP contribution in [0.1, 0.15) is 23.2 Å². The summed E-state index contributed by atoms with van der Waals surface area (Å²) in [5.41, 5.74) is -2.88. The zero-order chi connectivity index (χ0) is 13.0. The molecule has 0 unspecified atom stereocenters. The number of aromatic nitrogens is 1. The van der Waals surface area contributed by atoms with Crippen LogP contribution in [0.15, 0.2) is 6.20 Å². The van der Waals surface area contributed by atoms with Gasteiger partial charge in [-0.25, -0.2) is 13.8 Å². The van der Waals surface area contributed by atoms with Crippen molar-refractivity contribution in [3.8, 4) is 12.1 Å². The molecule has 0 fully saturated rings. The molecule has 6 nitrogen and oxygen atoms in total. The van der Waals surface area contributed by atoms with Crippen LogP contribution >= 0.6 is 0 Å². The van der Waals surface area contributed by atoms with Gasteiger partial charge >= 0.3 is 0 Å². The third-order valence-electron chi connectivity index (χ3n) is 1.94. The van der Waals surface area contributed by atoms with Crippen LogP contribution in [-0.4, -0.2) is 9.91 Å². The molecule has 0 aromatic carbocycles. The predicted octanol–water partition coefficient (Wildman–Crippen LogP) is 1.87. The number of rotatable bonds is 3. The van der Waals surface area contributed by atoms with E-state index in [9.17, 15) is 18.9 Å². The first kappa shape index (κ1) is 12.5. The fourth-order valence-electron chi connectivity index (χ4n) is 1.28. The Morgan fingerprint density at radius 2 is 2.18 bits per heavy atom. The van der Waals surface area contributed by atoms with Gasteiger partial charge in [-0.2, -0.15) is 10.5 Å². The number of halogens is 2. The molecule has 8 heteroatoms. The maximum absolute atomic E-state index is 12.7. The van der Waals surface area contributed by atoms with Gasteiger partial charge in [0.15, 0.2) is 5.69 Å². The average Bonchev–Trinajstić information content (AvgIpc) is 2.28. The molecule has 0 spiro atoms. The molecule has 0 saturated carbocycles. The predicted molar refractivity (Wildman–Crippen MR) is 49.9 cm³/mol. The monoisotopic (exact) mass is 238 g/mol. The molecule has 0 aliphatic carbocycles. The maximum Gasteiger partial charge on any atom is 0.287 e. The summed E-state index contributed by atoms with van der Waals surface area (Å²) in [7, 11) is 0. The summed E-state index contributed by atoms with van der Waals surface area (Å²) < 4.78 is 25.4. The van der Waals surface area contributed by atoms with Gasteiger partial charge in [0.25, 0.3) is 12.1 Å². The summed E-state index contributed by atoms with van der Waals surface area (Å²) in [4.78, 5) is 13.1. The molecule has 1 rings (SSSR count). The van der Waals surface area contributed by atoms with E-state index in [0.717, 1.165) is 6.20 Å². The maximum atomic E-state index is 12.7. The summed E-state index contributed by atoms with van der Waals surface area (Å²) in [6, 6.07) is 2.97. The van der Waals surface area contributed by atoms with Crippen molar-refractivity contribution in [2.45, 2.75) is 12.8 Å². The van der Waals surface area contributed by atoms with E-state index in [4.69, 9.17) is 10.5 Å². The number of alkyl halides is 2. The van der Waals surface area contributed by atoms with Crippen molar-refractivity contribution in [2.75, 3.05) is 0 Å². The Hall–Kier alpha value is -2.61.